The van der Waals surface area contributed by atoms with Crippen LogP contribution in [0.2, 0.25) is 5.02 Å². The first kappa shape index (κ1) is 13.6. The van der Waals surface area contributed by atoms with E-state index >= 15 is 0 Å². The number of aliphatic hydroxyl groups is 1. The van der Waals surface area contributed by atoms with Gasteiger partial charge in [-0.15, -0.1) is 0 Å². The molecule has 1 aromatic heterocycles. The maximum Gasteiger partial charge on any atom is 0.141 e. The lowest BCUT2D eigenvalue weighted by Crippen LogP contribution is -2.25. The maximum atomic E-state index is 13.3. The minimum Gasteiger partial charge on any atom is -0.506 e. The van der Waals surface area contributed by atoms with Crippen LogP contribution in [0.1, 0.15) is 5.56 Å². The molecular formula is C16H12ClFN2O. The number of halogens is 2. The lowest BCUT2D eigenvalue weighted by Gasteiger charge is -2.29. The van der Waals surface area contributed by atoms with Crippen molar-refractivity contribution in [1.29, 1.82) is 0 Å². The largest absolute Gasteiger partial charge is 0.506 e. The average Bonchev–Trinajstić information content (AvgIpc) is 2.50. The van der Waals surface area contributed by atoms with Gasteiger partial charge in [0.1, 0.15) is 11.6 Å². The summed E-state index contributed by atoms with van der Waals surface area (Å²) < 4.78 is 13.3. The molecule has 1 N–H and O–H groups in total. The van der Waals surface area contributed by atoms with Crippen LogP contribution in [0.5, 0.6) is 0 Å². The summed E-state index contributed by atoms with van der Waals surface area (Å²) in [4.78, 5) is 5.93. The molecule has 5 heteroatoms. The Labute approximate surface area is 126 Å². The highest BCUT2D eigenvalue weighted by Gasteiger charge is 2.20. The van der Waals surface area contributed by atoms with Gasteiger partial charge in [-0.05, 0) is 36.4 Å². The monoisotopic (exact) mass is 302 g/mol. The van der Waals surface area contributed by atoms with E-state index in [-0.39, 0.29) is 10.8 Å². The summed E-state index contributed by atoms with van der Waals surface area (Å²) in [6.07, 6.45) is 6.80. The van der Waals surface area contributed by atoms with Crippen LogP contribution in [0.15, 0.2) is 60.6 Å². The van der Waals surface area contributed by atoms with E-state index in [4.69, 9.17) is 11.6 Å². The number of anilines is 1. The molecule has 1 aliphatic rings. The third-order valence-corrected chi connectivity index (χ3v) is 3.52. The number of rotatable bonds is 2. The molecule has 3 rings (SSSR count). The molecule has 0 atom stereocenters. The fraction of sp³-hybridized carbons (Fsp3) is 0.0625. The molecule has 3 nitrogen and oxygen atoms in total. The van der Waals surface area contributed by atoms with Crippen molar-refractivity contribution in [3.8, 4) is 0 Å². The van der Waals surface area contributed by atoms with E-state index in [1.54, 1.807) is 36.7 Å². The number of allylic oxidation sites excluding steroid dienone is 1. The Hall–Kier alpha value is -2.33. The highest BCUT2D eigenvalue weighted by Crippen LogP contribution is 2.32. The van der Waals surface area contributed by atoms with Gasteiger partial charge in [-0.1, -0.05) is 17.7 Å². The van der Waals surface area contributed by atoms with Crippen LogP contribution >= 0.6 is 11.6 Å². The molecule has 21 heavy (non-hydrogen) atoms. The van der Waals surface area contributed by atoms with Gasteiger partial charge in [-0.25, -0.2) is 4.39 Å². The molecular weight excluding hydrogens is 291 g/mol. The zero-order valence-corrected chi connectivity index (χ0v) is 11.8. The number of hydrogen-bond acceptors (Lipinski definition) is 3. The normalized spacial score (nSPS) is 14.7. The van der Waals surface area contributed by atoms with Gasteiger partial charge in [-0.2, -0.15) is 0 Å². The maximum absolute atomic E-state index is 13.3. The molecule has 106 valence electrons. The molecule has 0 spiro atoms. The lowest BCUT2D eigenvalue weighted by atomic mass is 10.1. The zero-order chi connectivity index (χ0) is 14.8. The Bertz CT molecular complexity index is 728. The minimum absolute atomic E-state index is 0.0482. The molecule has 0 fully saturated rings. The molecule has 0 bridgehead atoms. The molecule has 0 aliphatic carbocycles. The summed E-state index contributed by atoms with van der Waals surface area (Å²) in [6.45, 7) is 0.552. The fourth-order valence-corrected chi connectivity index (χ4v) is 2.45. The molecule has 0 radical (unpaired) electrons. The van der Waals surface area contributed by atoms with Crippen LogP contribution in [0.3, 0.4) is 0 Å². The van der Waals surface area contributed by atoms with Gasteiger partial charge in [-0.3, -0.25) is 4.98 Å². The van der Waals surface area contributed by atoms with E-state index in [1.807, 2.05) is 17.0 Å². The van der Waals surface area contributed by atoms with Gasteiger partial charge in [0, 0.05) is 30.2 Å². The van der Waals surface area contributed by atoms with Gasteiger partial charge >= 0.3 is 0 Å². The summed E-state index contributed by atoms with van der Waals surface area (Å²) in [5, 5.41) is 10.2. The highest BCUT2D eigenvalue weighted by atomic mass is 35.5. The molecule has 1 aromatic carbocycles. The number of aliphatic hydroxyl groups excluding tert-OH is 1. The van der Waals surface area contributed by atoms with Crippen molar-refractivity contribution in [2.75, 3.05) is 11.4 Å². The van der Waals surface area contributed by atoms with E-state index in [0.29, 0.717) is 17.9 Å². The van der Waals surface area contributed by atoms with Crippen molar-refractivity contribution in [3.05, 3.63) is 77.0 Å². The standard InChI is InChI=1S/C16H12ClFN2O/c17-13-9-12(5-6-14(13)18)20-8-2-4-15(21)16(20)11-3-1-7-19-10-11/h1-7,9-10,21H,8H2. The molecule has 0 saturated carbocycles. The van der Waals surface area contributed by atoms with Crippen molar-refractivity contribution in [2.24, 2.45) is 0 Å². The van der Waals surface area contributed by atoms with Gasteiger partial charge < -0.3 is 10.0 Å². The summed E-state index contributed by atoms with van der Waals surface area (Å²) in [5.74, 6) is -0.334. The fourth-order valence-electron chi connectivity index (χ4n) is 2.27. The first-order chi connectivity index (χ1) is 10.2. The van der Waals surface area contributed by atoms with Crippen LogP contribution in [0, 0.1) is 5.82 Å². The second kappa shape index (κ2) is 5.58. The Morgan fingerprint density at radius 1 is 1.29 bits per heavy atom. The smallest absolute Gasteiger partial charge is 0.141 e. The number of nitrogens with zero attached hydrogens (tertiary/aromatic N) is 2. The molecule has 0 saturated heterocycles. The first-order valence-electron chi connectivity index (χ1n) is 6.39. The molecule has 0 amide bonds. The average molecular weight is 303 g/mol. The number of aromatic nitrogens is 1. The second-order valence-corrected chi connectivity index (χ2v) is 4.99. The first-order valence-corrected chi connectivity index (χ1v) is 6.77. The summed E-state index contributed by atoms with van der Waals surface area (Å²) in [5.41, 5.74) is 2.10. The predicted octanol–water partition coefficient (Wildman–Crippen LogP) is 4.18. The van der Waals surface area contributed by atoms with Crippen molar-refractivity contribution in [3.63, 3.8) is 0 Å². The summed E-state index contributed by atoms with van der Waals surface area (Å²) in [6, 6.07) is 8.14. The van der Waals surface area contributed by atoms with Crippen molar-refractivity contribution < 1.29 is 9.50 Å². The van der Waals surface area contributed by atoms with Crippen LogP contribution < -0.4 is 4.90 Å². The van der Waals surface area contributed by atoms with E-state index in [2.05, 4.69) is 4.98 Å². The van der Waals surface area contributed by atoms with Gasteiger partial charge in [0.2, 0.25) is 0 Å². The number of pyridine rings is 1. The Morgan fingerprint density at radius 2 is 2.14 bits per heavy atom. The van der Waals surface area contributed by atoms with Crippen LogP contribution in [0.25, 0.3) is 5.70 Å². The van der Waals surface area contributed by atoms with Gasteiger partial charge in [0.25, 0.3) is 0 Å². The van der Waals surface area contributed by atoms with Gasteiger partial charge in [0.05, 0.1) is 10.7 Å². The molecule has 0 unspecified atom stereocenters. The zero-order valence-electron chi connectivity index (χ0n) is 11.0. The quantitative estimate of drug-likeness (QED) is 0.904. The molecule has 1 aliphatic heterocycles. The topological polar surface area (TPSA) is 36.4 Å². The van der Waals surface area contributed by atoms with E-state index in [1.165, 1.54) is 6.07 Å². The molecule has 2 heterocycles. The Kier molecular flexibility index (Phi) is 3.62. The third kappa shape index (κ3) is 2.62. The SMILES string of the molecule is OC1=C(c2cccnc2)N(c2ccc(F)c(Cl)c2)CC=C1. The second-order valence-electron chi connectivity index (χ2n) is 4.59. The van der Waals surface area contributed by atoms with E-state index in [0.717, 1.165) is 5.56 Å². The van der Waals surface area contributed by atoms with Crippen LogP contribution in [0.4, 0.5) is 10.1 Å². The molecule has 2 aromatic rings. The van der Waals surface area contributed by atoms with E-state index in [9.17, 15) is 9.50 Å². The minimum atomic E-state index is -0.468. The summed E-state index contributed by atoms with van der Waals surface area (Å²) >= 11 is 5.85. The number of benzene rings is 1. The lowest BCUT2D eigenvalue weighted by molar-refractivity contribution is 0.431. The van der Waals surface area contributed by atoms with Crippen molar-refractivity contribution in [2.45, 2.75) is 0 Å². The van der Waals surface area contributed by atoms with E-state index < -0.39 is 5.82 Å². The summed E-state index contributed by atoms with van der Waals surface area (Å²) in [7, 11) is 0. The van der Waals surface area contributed by atoms with Gasteiger partial charge in [0.15, 0.2) is 0 Å². The van der Waals surface area contributed by atoms with Crippen molar-refractivity contribution >= 4 is 23.0 Å². The van der Waals surface area contributed by atoms with Crippen LogP contribution in [-0.2, 0) is 0 Å². The predicted molar refractivity (Wildman–Crippen MR) is 81.7 cm³/mol. The Morgan fingerprint density at radius 3 is 2.86 bits per heavy atom. The number of hydrogen-bond donors (Lipinski definition) is 1. The highest BCUT2D eigenvalue weighted by molar-refractivity contribution is 6.31. The Balaban J connectivity index is 2.09. The third-order valence-electron chi connectivity index (χ3n) is 3.23. The van der Waals surface area contributed by atoms with Crippen LogP contribution in [-0.4, -0.2) is 16.6 Å². The van der Waals surface area contributed by atoms with Crippen molar-refractivity contribution in [1.82, 2.24) is 4.98 Å².